The fourth-order valence-electron chi connectivity index (χ4n) is 1.50. The number of hydrogen-bond donors (Lipinski definition) is 1. The Hall–Kier alpha value is -2.29. The SMILES string of the molecule is CNc1nc(C)c([N+](=O)[O-])c(Sc2nccc(C)n2)n1. The van der Waals surface area contributed by atoms with Gasteiger partial charge in [0.15, 0.2) is 10.2 Å². The Morgan fingerprint density at radius 1 is 1.30 bits per heavy atom. The number of hydrogen-bond acceptors (Lipinski definition) is 8. The minimum Gasteiger partial charge on any atom is -0.357 e. The Labute approximate surface area is 119 Å². The maximum absolute atomic E-state index is 11.2. The number of aryl methyl sites for hydroxylation is 2. The molecular weight excluding hydrogens is 280 g/mol. The van der Waals surface area contributed by atoms with Crippen molar-refractivity contribution in [1.29, 1.82) is 0 Å². The van der Waals surface area contributed by atoms with Gasteiger partial charge in [-0.05, 0) is 31.7 Å². The van der Waals surface area contributed by atoms with Gasteiger partial charge in [0.1, 0.15) is 5.69 Å². The summed E-state index contributed by atoms with van der Waals surface area (Å²) in [5, 5.41) is 14.6. The van der Waals surface area contributed by atoms with Crippen molar-refractivity contribution in [2.45, 2.75) is 24.0 Å². The molecule has 8 nitrogen and oxygen atoms in total. The van der Waals surface area contributed by atoms with E-state index in [0.29, 0.717) is 16.8 Å². The third kappa shape index (κ3) is 2.99. The van der Waals surface area contributed by atoms with Crippen LogP contribution in [0, 0.1) is 24.0 Å². The van der Waals surface area contributed by atoms with Crippen LogP contribution in [0.25, 0.3) is 0 Å². The van der Waals surface area contributed by atoms with Gasteiger partial charge in [0.2, 0.25) is 5.95 Å². The second kappa shape index (κ2) is 5.78. The Morgan fingerprint density at radius 2 is 2.05 bits per heavy atom. The number of nitrogens with zero attached hydrogens (tertiary/aromatic N) is 5. The van der Waals surface area contributed by atoms with Gasteiger partial charge in [-0.25, -0.2) is 15.0 Å². The molecule has 0 amide bonds. The molecule has 0 fully saturated rings. The molecule has 0 saturated carbocycles. The molecule has 1 N–H and O–H groups in total. The summed E-state index contributed by atoms with van der Waals surface area (Å²) in [6.45, 7) is 3.40. The fourth-order valence-corrected chi connectivity index (χ4v) is 2.42. The summed E-state index contributed by atoms with van der Waals surface area (Å²) in [6.07, 6.45) is 1.60. The number of nitro groups is 1. The van der Waals surface area contributed by atoms with Gasteiger partial charge in [-0.2, -0.15) is 4.98 Å². The monoisotopic (exact) mass is 292 g/mol. The second-order valence-corrected chi connectivity index (χ2v) is 4.83. The number of rotatable bonds is 4. The van der Waals surface area contributed by atoms with Crippen molar-refractivity contribution in [3.8, 4) is 0 Å². The van der Waals surface area contributed by atoms with Crippen molar-refractivity contribution in [2.75, 3.05) is 12.4 Å². The summed E-state index contributed by atoms with van der Waals surface area (Å²) in [5.74, 6) is 0.322. The van der Waals surface area contributed by atoms with E-state index in [2.05, 4.69) is 25.3 Å². The van der Waals surface area contributed by atoms with Crippen LogP contribution in [0.15, 0.2) is 22.4 Å². The number of nitrogens with one attached hydrogen (secondary N) is 1. The lowest BCUT2D eigenvalue weighted by Crippen LogP contribution is -2.04. The lowest BCUT2D eigenvalue weighted by molar-refractivity contribution is -0.389. The largest absolute Gasteiger partial charge is 0.357 e. The molecule has 0 unspecified atom stereocenters. The molecule has 2 heterocycles. The van der Waals surface area contributed by atoms with Gasteiger partial charge in [-0.1, -0.05) is 0 Å². The molecule has 0 saturated heterocycles. The highest BCUT2D eigenvalue weighted by Crippen LogP contribution is 2.33. The summed E-state index contributed by atoms with van der Waals surface area (Å²) in [4.78, 5) is 27.1. The first-order chi connectivity index (χ1) is 9.51. The van der Waals surface area contributed by atoms with Crippen LogP contribution in [-0.2, 0) is 0 Å². The van der Waals surface area contributed by atoms with Crippen LogP contribution in [0.1, 0.15) is 11.4 Å². The van der Waals surface area contributed by atoms with Crippen LogP contribution in [0.5, 0.6) is 0 Å². The summed E-state index contributed by atoms with van der Waals surface area (Å²) in [6, 6.07) is 1.75. The Balaban J connectivity index is 2.48. The Kier molecular flexibility index (Phi) is 4.08. The molecule has 0 bridgehead atoms. The van der Waals surface area contributed by atoms with E-state index in [1.807, 2.05) is 6.92 Å². The molecule has 0 spiro atoms. The molecule has 0 aromatic carbocycles. The summed E-state index contributed by atoms with van der Waals surface area (Å²) >= 11 is 1.05. The quantitative estimate of drug-likeness (QED) is 0.394. The number of aromatic nitrogens is 4. The van der Waals surface area contributed by atoms with Crippen molar-refractivity contribution in [1.82, 2.24) is 19.9 Å². The average Bonchev–Trinajstić information content (AvgIpc) is 2.37. The highest BCUT2D eigenvalue weighted by molar-refractivity contribution is 7.99. The highest BCUT2D eigenvalue weighted by Gasteiger charge is 2.23. The first kappa shape index (κ1) is 14.1. The van der Waals surface area contributed by atoms with Gasteiger partial charge in [-0.15, -0.1) is 0 Å². The van der Waals surface area contributed by atoms with Gasteiger partial charge in [0, 0.05) is 18.9 Å². The maximum atomic E-state index is 11.2. The van der Waals surface area contributed by atoms with E-state index in [1.165, 1.54) is 0 Å². The Bertz CT molecular complexity index is 663. The van der Waals surface area contributed by atoms with E-state index in [4.69, 9.17) is 0 Å². The molecule has 20 heavy (non-hydrogen) atoms. The van der Waals surface area contributed by atoms with Crippen molar-refractivity contribution in [3.63, 3.8) is 0 Å². The molecule has 0 radical (unpaired) electrons. The van der Waals surface area contributed by atoms with Crippen LogP contribution in [0.4, 0.5) is 11.6 Å². The average molecular weight is 292 g/mol. The molecular formula is C11H12N6O2S. The van der Waals surface area contributed by atoms with Gasteiger partial charge in [0.25, 0.3) is 0 Å². The Morgan fingerprint density at radius 3 is 2.65 bits per heavy atom. The second-order valence-electron chi connectivity index (χ2n) is 3.88. The van der Waals surface area contributed by atoms with E-state index in [0.717, 1.165) is 17.5 Å². The van der Waals surface area contributed by atoms with E-state index < -0.39 is 4.92 Å². The van der Waals surface area contributed by atoms with Gasteiger partial charge in [0.05, 0.1) is 4.92 Å². The topological polar surface area (TPSA) is 107 Å². The smallest absolute Gasteiger partial charge is 0.322 e. The molecule has 0 aliphatic heterocycles. The van der Waals surface area contributed by atoms with Crippen molar-refractivity contribution in [3.05, 3.63) is 33.8 Å². The standard InChI is InChI=1S/C11H12N6O2S/c1-6-4-5-13-11(14-6)20-9-8(17(18)19)7(2)15-10(12-3)16-9/h4-5H,1-3H3,(H,12,15,16). The first-order valence-corrected chi connectivity index (χ1v) is 6.51. The zero-order valence-corrected chi connectivity index (χ0v) is 11.9. The lowest BCUT2D eigenvalue weighted by atomic mass is 10.4. The van der Waals surface area contributed by atoms with E-state index in [1.54, 1.807) is 26.2 Å². The van der Waals surface area contributed by atoms with E-state index in [-0.39, 0.29) is 10.7 Å². The van der Waals surface area contributed by atoms with Gasteiger partial charge >= 0.3 is 5.69 Å². The molecule has 0 atom stereocenters. The molecule has 104 valence electrons. The third-order valence-electron chi connectivity index (χ3n) is 2.39. The minimum absolute atomic E-state index is 0.126. The molecule has 0 aliphatic carbocycles. The zero-order chi connectivity index (χ0) is 14.7. The van der Waals surface area contributed by atoms with Crippen LogP contribution in [0.2, 0.25) is 0 Å². The lowest BCUT2D eigenvalue weighted by Gasteiger charge is -2.06. The minimum atomic E-state index is -0.493. The van der Waals surface area contributed by atoms with E-state index in [9.17, 15) is 10.1 Å². The van der Waals surface area contributed by atoms with Crippen LogP contribution < -0.4 is 5.32 Å². The predicted molar refractivity (Wildman–Crippen MR) is 73.9 cm³/mol. The normalized spacial score (nSPS) is 10.3. The first-order valence-electron chi connectivity index (χ1n) is 5.69. The van der Waals surface area contributed by atoms with Crippen LogP contribution >= 0.6 is 11.8 Å². The maximum Gasteiger partial charge on any atom is 0.322 e. The molecule has 2 aromatic rings. The highest BCUT2D eigenvalue weighted by atomic mass is 32.2. The molecule has 2 aromatic heterocycles. The predicted octanol–water partition coefficient (Wildman–Crippen LogP) is 1.98. The fraction of sp³-hybridized carbons (Fsp3) is 0.273. The molecule has 2 rings (SSSR count). The summed E-state index contributed by atoms with van der Waals surface area (Å²) < 4.78 is 0. The summed E-state index contributed by atoms with van der Waals surface area (Å²) in [7, 11) is 1.65. The number of anilines is 1. The molecule has 0 aliphatic rings. The zero-order valence-electron chi connectivity index (χ0n) is 11.1. The van der Waals surface area contributed by atoms with Crippen molar-refractivity contribution >= 4 is 23.4 Å². The third-order valence-corrected chi connectivity index (χ3v) is 3.25. The van der Waals surface area contributed by atoms with Crippen LogP contribution in [-0.4, -0.2) is 31.9 Å². The summed E-state index contributed by atoms with van der Waals surface area (Å²) in [5.41, 5.74) is 0.952. The van der Waals surface area contributed by atoms with Gasteiger partial charge < -0.3 is 5.32 Å². The molecule has 9 heteroatoms. The van der Waals surface area contributed by atoms with Gasteiger partial charge in [-0.3, -0.25) is 10.1 Å². The van der Waals surface area contributed by atoms with E-state index >= 15 is 0 Å². The van der Waals surface area contributed by atoms with Crippen molar-refractivity contribution in [2.24, 2.45) is 0 Å². The van der Waals surface area contributed by atoms with Crippen LogP contribution in [0.3, 0.4) is 0 Å². The van der Waals surface area contributed by atoms with Crippen molar-refractivity contribution < 1.29 is 4.92 Å².